The van der Waals surface area contributed by atoms with Gasteiger partial charge in [0.05, 0.1) is 19.3 Å². The second-order valence-corrected chi connectivity index (χ2v) is 5.87. The highest BCUT2D eigenvalue weighted by molar-refractivity contribution is 6.30. The van der Waals surface area contributed by atoms with Gasteiger partial charge in [0.2, 0.25) is 5.91 Å². The van der Waals surface area contributed by atoms with Gasteiger partial charge in [0, 0.05) is 24.0 Å². The van der Waals surface area contributed by atoms with Crippen LogP contribution in [0.3, 0.4) is 0 Å². The largest absolute Gasteiger partial charge is 0.378 e. The van der Waals surface area contributed by atoms with E-state index in [0.29, 0.717) is 13.0 Å². The molecule has 116 valence electrons. The van der Waals surface area contributed by atoms with Gasteiger partial charge in [-0.3, -0.25) is 4.79 Å². The van der Waals surface area contributed by atoms with Crippen LogP contribution in [0.4, 0.5) is 0 Å². The standard InChI is InChI=1S/C15H19ClN2O2.ClH/c16-11-2-3-13-10(7-11)1-4-14(13)18-15(19)8-12-9-20-6-5-17-12;/h2-3,7,12,14,17H,1,4-6,8-9H2,(H,18,19);1H. The van der Waals surface area contributed by atoms with E-state index in [1.54, 1.807) is 0 Å². The highest BCUT2D eigenvalue weighted by Crippen LogP contribution is 2.32. The number of halogens is 2. The first-order chi connectivity index (χ1) is 9.72. The molecule has 1 heterocycles. The van der Waals surface area contributed by atoms with Crippen molar-refractivity contribution in [2.24, 2.45) is 0 Å². The molecule has 2 unspecified atom stereocenters. The van der Waals surface area contributed by atoms with E-state index >= 15 is 0 Å². The molecule has 1 aromatic carbocycles. The van der Waals surface area contributed by atoms with Crippen molar-refractivity contribution in [2.45, 2.75) is 31.3 Å². The van der Waals surface area contributed by atoms with Crippen LogP contribution >= 0.6 is 24.0 Å². The summed E-state index contributed by atoms with van der Waals surface area (Å²) in [6.45, 7) is 2.17. The fraction of sp³-hybridized carbons (Fsp3) is 0.533. The minimum Gasteiger partial charge on any atom is -0.378 e. The van der Waals surface area contributed by atoms with Crippen LogP contribution in [0.25, 0.3) is 0 Å². The first kappa shape index (κ1) is 16.6. The summed E-state index contributed by atoms with van der Waals surface area (Å²) in [5.41, 5.74) is 2.46. The Labute approximate surface area is 136 Å². The Morgan fingerprint density at radius 3 is 3.10 bits per heavy atom. The summed E-state index contributed by atoms with van der Waals surface area (Å²) in [6.07, 6.45) is 2.40. The first-order valence-electron chi connectivity index (χ1n) is 7.11. The van der Waals surface area contributed by atoms with Crippen molar-refractivity contribution < 1.29 is 9.53 Å². The summed E-state index contributed by atoms with van der Waals surface area (Å²) in [6, 6.07) is 6.17. The SMILES string of the molecule is Cl.O=C(CC1COCCN1)NC1CCc2cc(Cl)ccc21. The molecular formula is C15H20Cl2N2O2. The van der Waals surface area contributed by atoms with E-state index in [4.69, 9.17) is 16.3 Å². The van der Waals surface area contributed by atoms with E-state index < -0.39 is 0 Å². The van der Waals surface area contributed by atoms with Gasteiger partial charge >= 0.3 is 0 Å². The van der Waals surface area contributed by atoms with Crippen molar-refractivity contribution in [1.29, 1.82) is 0 Å². The second-order valence-electron chi connectivity index (χ2n) is 5.43. The Hall–Kier alpha value is -0.810. The minimum absolute atomic E-state index is 0. The van der Waals surface area contributed by atoms with Crippen LogP contribution in [-0.2, 0) is 16.0 Å². The predicted molar refractivity (Wildman–Crippen MR) is 85.1 cm³/mol. The predicted octanol–water partition coefficient (Wildman–Crippen LogP) is 2.24. The van der Waals surface area contributed by atoms with Crippen LogP contribution in [0.15, 0.2) is 18.2 Å². The zero-order valence-corrected chi connectivity index (χ0v) is 13.3. The number of amides is 1. The van der Waals surface area contributed by atoms with E-state index in [2.05, 4.69) is 10.6 Å². The molecule has 1 aliphatic carbocycles. The number of fused-ring (bicyclic) bond motifs is 1. The summed E-state index contributed by atoms with van der Waals surface area (Å²) >= 11 is 6.00. The van der Waals surface area contributed by atoms with Crippen LogP contribution in [0.5, 0.6) is 0 Å². The van der Waals surface area contributed by atoms with Crippen molar-refractivity contribution in [3.8, 4) is 0 Å². The maximum absolute atomic E-state index is 12.1. The van der Waals surface area contributed by atoms with Crippen LogP contribution < -0.4 is 10.6 Å². The Morgan fingerprint density at radius 1 is 1.48 bits per heavy atom. The lowest BCUT2D eigenvalue weighted by Crippen LogP contribution is -2.44. The monoisotopic (exact) mass is 330 g/mol. The van der Waals surface area contributed by atoms with Crippen LogP contribution in [-0.4, -0.2) is 31.7 Å². The molecule has 0 bridgehead atoms. The zero-order valence-electron chi connectivity index (χ0n) is 11.7. The van der Waals surface area contributed by atoms with E-state index in [9.17, 15) is 4.79 Å². The number of rotatable bonds is 3. The molecule has 1 fully saturated rings. The van der Waals surface area contributed by atoms with Crippen LogP contribution in [0.2, 0.25) is 5.02 Å². The molecule has 1 aliphatic heterocycles. The Kier molecular flexibility index (Phi) is 5.88. The molecule has 1 amide bonds. The minimum atomic E-state index is 0. The molecule has 21 heavy (non-hydrogen) atoms. The lowest BCUT2D eigenvalue weighted by atomic mass is 10.1. The average Bonchev–Trinajstić information content (AvgIpc) is 2.82. The third kappa shape index (κ3) is 4.10. The zero-order chi connectivity index (χ0) is 13.9. The van der Waals surface area contributed by atoms with Gasteiger partial charge in [-0.1, -0.05) is 17.7 Å². The highest BCUT2D eigenvalue weighted by Gasteiger charge is 2.25. The number of ether oxygens (including phenoxy) is 1. The Balaban J connectivity index is 0.00000161. The number of nitrogens with one attached hydrogen (secondary N) is 2. The average molecular weight is 331 g/mol. The highest BCUT2D eigenvalue weighted by atomic mass is 35.5. The molecule has 1 saturated heterocycles. The quantitative estimate of drug-likeness (QED) is 0.893. The fourth-order valence-electron chi connectivity index (χ4n) is 2.96. The Morgan fingerprint density at radius 2 is 2.33 bits per heavy atom. The number of hydrogen-bond acceptors (Lipinski definition) is 3. The number of carbonyl (C=O) groups excluding carboxylic acids is 1. The van der Waals surface area contributed by atoms with Gasteiger partial charge in [-0.15, -0.1) is 12.4 Å². The molecule has 0 aromatic heterocycles. The van der Waals surface area contributed by atoms with E-state index in [1.165, 1.54) is 11.1 Å². The summed E-state index contributed by atoms with van der Waals surface area (Å²) in [4.78, 5) is 12.1. The van der Waals surface area contributed by atoms with Crippen molar-refractivity contribution in [2.75, 3.05) is 19.8 Å². The summed E-state index contributed by atoms with van der Waals surface area (Å²) in [7, 11) is 0. The van der Waals surface area contributed by atoms with E-state index in [1.807, 2.05) is 18.2 Å². The molecule has 0 saturated carbocycles. The number of carbonyl (C=O) groups is 1. The molecule has 2 N–H and O–H groups in total. The number of aryl methyl sites for hydroxylation is 1. The van der Waals surface area contributed by atoms with Gasteiger partial charge in [-0.25, -0.2) is 0 Å². The van der Waals surface area contributed by atoms with Crippen LogP contribution in [0.1, 0.15) is 30.0 Å². The molecule has 4 nitrogen and oxygen atoms in total. The number of morpholine rings is 1. The van der Waals surface area contributed by atoms with Gasteiger partial charge < -0.3 is 15.4 Å². The second kappa shape index (κ2) is 7.45. The van der Waals surface area contributed by atoms with E-state index in [0.717, 1.165) is 31.0 Å². The molecule has 1 aromatic rings. The van der Waals surface area contributed by atoms with Crippen molar-refractivity contribution in [3.63, 3.8) is 0 Å². The lowest BCUT2D eigenvalue weighted by Gasteiger charge is -2.24. The molecule has 0 radical (unpaired) electrons. The summed E-state index contributed by atoms with van der Waals surface area (Å²) in [5.74, 6) is 0.0841. The lowest BCUT2D eigenvalue weighted by molar-refractivity contribution is -0.123. The van der Waals surface area contributed by atoms with Gasteiger partial charge in [0.25, 0.3) is 0 Å². The fourth-order valence-corrected chi connectivity index (χ4v) is 3.16. The number of benzene rings is 1. The molecular weight excluding hydrogens is 311 g/mol. The molecule has 3 rings (SSSR count). The molecule has 2 aliphatic rings. The van der Waals surface area contributed by atoms with E-state index in [-0.39, 0.29) is 30.4 Å². The first-order valence-corrected chi connectivity index (χ1v) is 7.49. The summed E-state index contributed by atoms with van der Waals surface area (Å²) in [5, 5.41) is 7.19. The topological polar surface area (TPSA) is 50.4 Å². The van der Waals surface area contributed by atoms with Crippen molar-refractivity contribution >= 4 is 29.9 Å². The van der Waals surface area contributed by atoms with Crippen molar-refractivity contribution in [3.05, 3.63) is 34.3 Å². The van der Waals surface area contributed by atoms with Crippen LogP contribution in [0, 0.1) is 0 Å². The third-order valence-corrected chi connectivity index (χ3v) is 4.18. The maximum atomic E-state index is 12.1. The number of hydrogen-bond donors (Lipinski definition) is 2. The normalized spacial score (nSPS) is 24.0. The smallest absolute Gasteiger partial charge is 0.222 e. The van der Waals surface area contributed by atoms with Crippen molar-refractivity contribution in [1.82, 2.24) is 10.6 Å². The molecule has 6 heteroatoms. The molecule has 0 spiro atoms. The van der Waals surface area contributed by atoms with Gasteiger partial charge in [0.1, 0.15) is 0 Å². The Bertz CT molecular complexity index is 504. The maximum Gasteiger partial charge on any atom is 0.222 e. The van der Waals surface area contributed by atoms with Gasteiger partial charge in [0.15, 0.2) is 0 Å². The molecule has 2 atom stereocenters. The van der Waals surface area contributed by atoms with Gasteiger partial charge in [-0.2, -0.15) is 0 Å². The third-order valence-electron chi connectivity index (χ3n) is 3.95. The van der Waals surface area contributed by atoms with Gasteiger partial charge in [-0.05, 0) is 36.1 Å². The summed E-state index contributed by atoms with van der Waals surface area (Å²) < 4.78 is 5.37.